The van der Waals surface area contributed by atoms with Gasteiger partial charge in [-0.3, -0.25) is 0 Å². The summed E-state index contributed by atoms with van der Waals surface area (Å²) in [5, 5.41) is 13.5. The minimum absolute atomic E-state index is 0.302. The molecule has 0 spiro atoms. The van der Waals surface area contributed by atoms with Crippen molar-refractivity contribution in [2.24, 2.45) is 0 Å². The van der Waals surface area contributed by atoms with E-state index in [0.29, 0.717) is 5.75 Å². The van der Waals surface area contributed by atoms with Crippen LogP contribution >= 0.6 is 12.2 Å². The molecule has 0 saturated carbocycles. The first-order valence-corrected chi connectivity index (χ1v) is 8.61. The van der Waals surface area contributed by atoms with Crippen LogP contribution in [-0.4, -0.2) is 41.3 Å². The zero-order valence-electron chi connectivity index (χ0n) is 14.1. The average molecular weight is 341 g/mol. The van der Waals surface area contributed by atoms with Gasteiger partial charge in [0.1, 0.15) is 5.75 Å². The second kappa shape index (κ2) is 7.09. The van der Waals surface area contributed by atoms with Crippen molar-refractivity contribution < 1.29 is 5.11 Å². The van der Waals surface area contributed by atoms with Crippen LogP contribution in [0.2, 0.25) is 0 Å². The predicted octanol–water partition coefficient (Wildman–Crippen LogP) is 3.53. The molecule has 0 atom stereocenters. The van der Waals surface area contributed by atoms with E-state index in [-0.39, 0.29) is 0 Å². The van der Waals surface area contributed by atoms with Gasteiger partial charge in [0, 0.05) is 37.6 Å². The fraction of sp³-hybridized carbons (Fsp3) is 0.316. The third-order valence-electron chi connectivity index (χ3n) is 4.54. The van der Waals surface area contributed by atoms with Gasteiger partial charge in [0.2, 0.25) is 0 Å². The third kappa shape index (κ3) is 3.79. The maximum Gasteiger partial charge on any atom is 0.173 e. The second-order valence-electron chi connectivity index (χ2n) is 6.22. The highest BCUT2D eigenvalue weighted by Gasteiger charge is 2.19. The summed E-state index contributed by atoms with van der Waals surface area (Å²) in [6, 6.07) is 13.7. The number of anilines is 2. The van der Waals surface area contributed by atoms with Crippen LogP contribution in [0.1, 0.15) is 11.1 Å². The van der Waals surface area contributed by atoms with Gasteiger partial charge in [0.05, 0.1) is 0 Å². The van der Waals surface area contributed by atoms with Gasteiger partial charge in [-0.1, -0.05) is 6.07 Å². The Labute approximate surface area is 148 Å². The number of rotatable bonds is 2. The average Bonchev–Trinajstić information content (AvgIpc) is 2.59. The highest BCUT2D eigenvalue weighted by molar-refractivity contribution is 7.80. The van der Waals surface area contributed by atoms with Gasteiger partial charge in [-0.2, -0.15) is 0 Å². The van der Waals surface area contributed by atoms with Crippen molar-refractivity contribution in [1.29, 1.82) is 0 Å². The van der Waals surface area contributed by atoms with Crippen LogP contribution in [0.3, 0.4) is 0 Å². The van der Waals surface area contributed by atoms with Crippen molar-refractivity contribution in [3.63, 3.8) is 0 Å². The zero-order valence-corrected chi connectivity index (χ0v) is 14.9. The first-order valence-electron chi connectivity index (χ1n) is 8.20. The molecule has 1 saturated heterocycles. The zero-order chi connectivity index (χ0) is 17.1. The molecule has 5 heteroatoms. The van der Waals surface area contributed by atoms with E-state index in [4.69, 9.17) is 12.2 Å². The number of nitrogens with one attached hydrogen (secondary N) is 1. The number of aromatic hydroxyl groups is 1. The van der Waals surface area contributed by atoms with E-state index in [1.54, 1.807) is 12.1 Å². The van der Waals surface area contributed by atoms with Gasteiger partial charge < -0.3 is 20.2 Å². The molecule has 24 heavy (non-hydrogen) atoms. The molecule has 0 bridgehead atoms. The third-order valence-corrected chi connectivity index (χ3v) is 4.90. The minimum Gasteiger partial charge on any atom is -0.508 e. The SMILES string of the molecule is Cc1ccc(NC(=S)N2CCN(c3ccc(O)cc3)CC2)cc1C. The Morgan fingerprint density at radius 3 is 2.25 bits per heavy atom. The summed E-state index contributed by atoms with van der Waals surface area (Å²) in [5.74, 6) is 0.302. The number of hydrogen-bond acceptors (Lipinski definition) is 3. The Morgan fingerprint density at radius 2 is 1.62 bits per heavy atom. The summed E-state index contributed by atoms with van der Waals surface area (Å²) in [6.07, 6.45) is 0. The molecule has 0 amide bonds. The first kappa shape index (κ1) is 16.6. The normalized spacial score (nSPS) is 14.6. The van der Waals surface area contributed by atoms with Crippen molar-refractivity contribution in [2.75, 3.05) is 36.4 Å². The molecule has 3 rings (SSSR count). The quantitative estimate of drug-likeness (QED) is 0.818. The standard InChI is InChI=1S/C19H23N3OS/c1-14-3-4-16(13-15(14)2)20-19(24)22-11-9-21(10-12-22)17-5-7-18(23)8-6-17/h3-8,13,23H,9-12H2,1-2H3,(H,20,24). The lowest BCUT2D eigenvalue weighted by Gasteiger charge is -2.37. The molecular weight excluding hydrogens is 318 g/mol. The Bertz CT molecular complexity index is 722. The molecule has 1 aliphatic rings. The van der Waals surface area contributed by atoms with Gasteiger partial charge in [-0.25, -0.2) is 0 Å². The minimum atomic E-state index is 0.302. The Hall–Kier alpha value is -2.27. The van der Waals surface area contributed by atoms with Crippen molar-refractivity contribution in [2.45, 2.75) is 13.8 Å². The van der Waals surface area contributed by atoms with E-state index in [2.05, 4.69) is 47.2 Å². The summed E-state index contributed by atoms with van der Waals surface area (Å²) in [7, 11) is 0. The van der Waals surface area contributed by atoms with Crippen molar-refractivity contribution in [1.82, 2.24) is 4.90 Å². The number of phenols is 1. The monoisotopic (exact) mass is 341 g/mol. The molecule has 1 aliphatic heterocycles. The topological polar surface area (TPSA) is 38.7 Å². The fourth-order valence-electron chi connectivity index (χ4n) is 2.85. The van der Waals surface area contributed by atoms with Crippen LogP contribution in [0, 0.1) is 13.8 Å². The van der Waals surface area contributed by atoms with E-state index < -0.39 is 0 Å². The largest absolute Gasteiger partial charge is 0.508 e. The van der Waals surface area contributed by atoms with Gasteiger partial charge in [0.15, 0.2) is 5.11 Å². The number of nitrogens with zero attached hydrogens (tertiary/aromatic N) is 2. The molecule has 1 heterocycles. The van der Waals surface area contributed by atoms with Gasteiger partial charge in [0.25, 0.3) is 0 Å². The fourth-order valence-corrected chi connectivity index (χ4v) is 3.15. The molecule has 0 unspecified atom stereocenters. The Kier molecular flexibility index (Phi) is 4.90. The molecule has 2 aromatic rings. The van der Waals surface area contributed by atoms with Crippen LogP contribution in [0.5, 0.6) is 5.75 Å². The lowest BCUT2D eigenvalue weighted by molar-refractivity contribution is 0.391. The van der Waals surface area contributed by atoms with Crippen LogP contribution in [-0.2, 0) is 0 Å². The lowest BCUT2D eigenvalue weighted by Crippen LogP contribution is -2.50. The molecule has 1 fully saturated rings. The molecule has 0 aliphatic carbocycles. The Balaban J connectivity index is 1.56. The maximum atomic E-state index is 9.39. The van der Waals surface area contributed by atoms with Crippen molar-refractivity contribution >= 4 is 28.7 Å². The van der Waals surface area contributed by atoms with E-state index in [1.165, 1.54) is 11.1 Å². The van der Waals surface area contributed by atoms with Gasteiger partial charge in [-0.05, 0) is 73.6 Å². The number of phenolic OH excluding ortho intramolecular Hbond substituents is 1. The maximum absolute atomic E-state index is 9.39. The van der Waals surface area contributed by atoms with E-state index >= 15 is 0 Å². The van der Waals surface area contributed by atoms with Crippen LogP contribution in [0.25, 0.3) is 0 Å². The van der Waals surface area contributed by atoms with Crippen LogP contribution < -0.4 is 10.2 Å². The second-order valence-corrected chi connectivity index (χ2v) is 6.61. The molecule has 2 N–H and O–H groups in total. The van der Waals surface area contributed by atoms with Crippen molar-refractivity contribution in [3.05, 3.63) is 53.6 Å². The van der Waals surface area contributed by atoms with E-state index in [0.717, 1.165) is 42.7 Å². The summed E-state index contributed by atoms with van der Waals surface area (Å²) < 4.78 is 0. The Morgan fingerprint density at radius 1 is 0.958 bits per heavy atom. The molecule has 4 nitrogen and oxygen atoms in total. The van der Waals surface area contributed by atoms with E-state index in [1.807, 2.05) is 12.1 Å². The van der Waals surface area contributed by atoms with Crippen molar-refractivity contribution in [3.8, 4) is 5.75 Å². The number of benzene rings is 2. The highest BCUT2D eigenvalue weighted by atomic mass is 32.1. The first-order chi connectivity index (χ1) is 11.5. The lowest BCUT2D eigenvalue weighted by atomic mass is 10.1. The smallest absolute Gasteiger partial charge is 0.173 e. The van der Waals surface area contributed by atoms with E-state index in [9.17, 15) is 5.11 Å². The summed E-state index contributed by atoms with van der Waals surface area (Å²) in [5.41, 5.74) is 4.73. The van der Waals surface area contributed by atoms with Gasteiger partial charge >= 0.3 is 0 Å². The number of aryl methyl sites for hydroxylation is 2. The highest BCUT2D eigenvalue weighted by Crippen LogP contribution is 2.20. The van der Waals surface area contributed by atoms with Crippen LogP contribution in [0.4, 0.5) is 11.4 Å². The summed E-state index contributed by atoms with van der Waals surface area (Å²) in [6.45, 7) is 7.83. The summed E-state index contributed by atoms with van der Waals surface area (Å²) in [4.78, 5) is 4.52. The molecular formula is C19H23N3OS. The van der Waals surface area contributed by atoms with Crippen LogP contribution in [0.15, 0.2) is 42.5 Å². The number of piperazine rings is 1. The van der Waals surface area contributed by atoms with Gasteiger partial charge in [-0.15, -0.1) is 0 Å². The summed E-state index contributed by atoms with van der Waals surface area (Å²) >= 11 is 5.57. The number of hydrogen-bond donors (Lipinski definition) is 2. The molecule has 2 aromatic carbocycles. The molecule has 0 radical (unpaired) electrons. The predicted molar refractivity (Wildman–Crippen MR) is 104 cm³/mol. The number of thiocarbonyl (C=S) groups is 1. The molecule has 0 aromatic heterocycles. The molecule has 126 valence electrons.